The molecule has 3 nitrogen and oxygen atoms in total. The minimum atomic E-state index is 0.173. The molecule has 1 aliphatic rings. The fraction of sp³-hybridized carbons (Fsp3) is 0.533. The van der Waals surface area contributed by atoms with Gasteiger partial charge in [-0.05, 0) is 17.9 Å². The Bertz CT molecular complexity index is 602. The van der Waals surface area contributed by atoms with Crippen LogP contribution in [-0.4, -0.2) is 21.2 Å². The number of nitrogens with zero attached hydrogens (tertiary/aromatic N) is 2. The molecule has 2 aromatic rings. The number of aryl methyl sites for hydroxylation is 1. The third-order valence-corrected chi connectivity index (χ3v) is 5.24. The average molecular weight is 278 g/mol. The van der Waals surface area contributed by atoms with Gasteiger partial charge in [0.1, 0.15) is 0 Å². The zero-order valence-electron chi connectivity index (χ0n) is 11.7. The van der Waals surface area contributed by atoms with Crippen LogP contribution in [0.2, 0.25) is 0 Å². The van der Waals surface area contributed by atoms with E-state index in [1.807, 2.05) is 17.8 Å². The van der Waals surface area contributed by atoms with Crippen LogP contribution in [0.4, 0.5) is 0 Å². The molecule has 2 atom stereocenters. The molecule has 1 heterocycles. The van der Waals surface area contributed by atoms with Crippen LogP contribution in [0.5, 0.6) is 0 Å². The van der Waals surface area contributed by atoms with Crippen molar-refractivity contribution < 1.29 is 0 Å². The molecule has 0 saturated heterocycles. The van der Waals surface area contributed by atoms with Gasteiger partial charge in [-0.25, -0.2) is 0 Å². The molecule has 0 bridgehead atoms. The van der Waals surface area contributed by atoms with Crippen LogP contribution >= 0.6 is 11.6 Å². The number of benzene rings is 1. The van der Waals surface area contributed by atoms with E-state index in [9.17, 15) is 0 Å². The van der Waals surface area contributed by atoms with Crippen LogP contribution in [0.15, 0.2) is 24.3 Å². The van der Waals surface area contributed by atoms with E-state index in [0.717, 1.165) is 18.7 Å². The molecule has 102 valence electrons. The first-order valence-electron chi connectivity index (χ1n) is 6.78. The summed E-state index contributed by atoms with van der Waals surface area (Å²) in [6, 6.07) is 8.84. The molecule has 1 aromatic carbocycles. The van der Waals surface area contributed by atoms with Crippen molar-refractivity contribution in [1.82, 2.24) is 15.1 Å². The number of aromatic nitrogens is 2. The molecular formula is C15H20ClN3. The minimum absolute atomic E-state index is 0.173. The fourth-order valence-corrected chi connectivity index (χ4v) is 3.19. The lowest BCUT2D eigenvalue weighted by Crippen LogP contribution is -2.57. The predicted octanol–water partition coefficient (Wildman–Crippen LogP) is 3.07. The van der Waals surface area contributed by atoms with Crippen molar-refractivity contribution in [2.45, 2.75) is 38.2 Å². The van der Waals surface area contributed by atoms with Crippen molar-refractivity contribution in [2.24, 2.45) is 12.5 Å². The Kier molecular flexibility index (Phi) is 3.06. The van der Waals surface area contributed by atoms with Gasteiger partial charge in [-0.1, -0.05) is 32.0 Å². The lowest BCUT2D eigenvalue weighted by atomic mass is 9.67. The molecule has 1 aliphatic carbocycles. The van der Waals surface area contributed by atoms with Crippen molar-refractivity contribution in [3.8, 4) is 0 Å². The van der Waals surface area contributed by atoms with Crippen LogP contribution in [-0.2, 0) is 13.6 Å². The molecule has 0 radical (unpaired) electrons. The number of hydrogen-bond acceptors (Lipinski definition) is 2. The van der Waals surface area contributed by atoms with Crippen LogP contribution in [0.1, 0.15) is 26.0 Å². The fourth-order valence-electron chi connectivity index (χ4n) is 2.86. The third kappa shape index (κ3) is 2.05. The average Bonchev–Trinajstić information content (AvgIpc) is 2.72. The van der Waals surface area contributed by atoms with Gasteiger partial charge in [0.05, 0.1) is 11.2 Å². The Morgan fingerprint density at radius 1 is 1.42 bits per heavy atom. The molecule has 19 heavy (non-hydrogen) atoms. The quantitative estimate of drug-likeness (QED) is 0.874. The molecule has 1 aromatic heterocycles. The largest absolute Gasteiger partial charge is 0.308 e. The van der Waals surface area contributed by atoms with Gasteiger partial charge >= 0.3 is 0 Å². The zero-order valence-corrected chi connectivity index (χ0v) is 12.4. The summed E-state index contributed by atoms with van der Waals surface area (Å²) in [7, 11) is 1.99. The molecule has 1 saturated carbocycles. The maximum absolute atomic E-state index is 6.26. The Balaban J connectivity index is 1.76. The van der Waals surface area contributed by atoms with Crippen molar-refractivity contribution in [3.05, 3.63) is 30.0 Å². The van der Waals surface area contributed by atoms with E-state index < -0.39 is 0 Å². The lowest BCUT2D eigenvalue weighted by molar-refractivity contribution is 0.115. The van der Waals surface area contributed by atoms with E-state index in [-0.39, 0.29) is 10.8 Å². The highest BCUT2D eigenvalue weighted by Gasteiger charge is 2.46. The van der Waals surface area contributed by atoms with E-state index in [1.54, 1.807) is 0 Å². The van der Waals surface area contributed by atoms with Gasteiger partial charge < -0.3 is 5.32 Å². The third-order valence-electron chi connectivity index (χ3n) is 4.50. The standard InChI is InChI=1S/C15H20ClN3/c1-15(2)13(16)8-14(15)17-9-11-10-6-4-5-7-12(10)19(3)18-11/h4-7,13-14,17H,8-9H2,1-3H3. The van der Waals surface area contributed by atoms with Crippen molar-refractivity contribution in [3.63, 3.8) is 0 Å². The number of rotatable bonds is 3. The number of fused-ring (bicyclic) bond motifs is 1. The first-order valence-corrected chi connectivity index (χ1v) is 7.22. The molecule has 1 N–H and O–H groups in total. The molecule has 0 amide bonds. The normalized spacial score (nSPS) is 25.5. The highest BCUT2D eigenvalue weighted by molar-refractivity contribution is 6.21. The highest BCUT2D eigenvalue weighted by Crippen LogP contribution is 2.44. The molecule has 0 spiro atoms. The summed E-state index contributed by atoms with van der Waals surface area (Å²) in [6.07, 6.45) is 1.04. The summed E-state index contributed by atoms with van der Waals surface area (Å²) >= 11 is 6.26. The van der Waals surface area contributed by atoms with Gasteiger partial charge in [-0.2, -0.15) is 5.10 Å². The van der Waals surface area contributed by atoms with Crippen molar-refractivity contribution in [2.75, 3.05) is 0 Å². The van der Waals surface area contributed by atoms with Crippen LogP contribution in [0.3, 0.4) is 0 Å². The summed E-state index contributed by atoms with van der Waals surface area (Å²) < 4.78 is 1.95. The molecule has 0 aliphatic heterocycles. The van der Waals surface area contributed by atoms with Gasteiger partial charge in [-0.3, -0.25) is 4.68 Å². The van der Waals surface area contributed by atoms with Gasteiger partial charge in [0.15, 0.2) is 0 Å². The minimum Gasteiger partial charge on any atom is -0.308 e. The van der Waals surface area contributed by atoms with Crippen molar-refractivity contribution >= 4 is 22.5 Å². The molecule has 2 unspecified atom stereocenters. The van der Waals surface area contributed by atoms with Crippen molar-refractivity contribution in [1.29, 1.82) is 0 Å². The predicted molar refractivity (Wildman–Crippen MR) is 79.4 cm³/mol. The summed E-state index contributed by atoms with van der Waals surface area (Å²) in [6.45, 7) is 5.25. The van der Waals surface area contributed by atoms with E-state index in [4.69, 9.17) is 11.6 Å². The highest BCUT2D eigenvalue weighted by atomic mass is 35.5. The summed E-state index contributed by atoms with van der Waals surface area (Å²) in [5.74, 6) is 0. The van der Waals surface area contributed by atoms with E-state index in [0.29, 0.717) is 6.04 Å². The smallest absolute Gasteiger partial charge is 0.0841 e. The first kappa shape index (κ1) is 12.9. The first-order chi connectivity index (χ1) is 9.00. The second-order valence-electron chi connectivity index (χ2n) is 6.05. The maximum Gasteiger partial charge on any atom is 0.0841 e. The van der Waals surface area contributed by atoms with E-state index >= 15 is 0 Å². The number of hydrogen-bond donors (Lipinski definition) is 1. The molecule has 1 fully saturated rings. The number of halogens is 1. The topological polar surface area (TPSA) is 29.9 Å². The van der Waals surface area contributed by atoms with Crippen LogP contribution < -0.4 is 5.32 Å². The van der Waals surface area contributed by atoms with Crippen LogP contribution in [0, 0.1) is 5.41 Å². The van der Waals surface area contributed by atoms with E-state index in [2.05, 4.69) is 42.5 Å². The Morgan fingerprint density at radius 2 is 2.16 bits per heavy atom. The van der Waals surface area contributed by atoms with Gasteiger partial charge in [0.2, 0.25) is 0 Å². The SMILES string of the molecule is Cn1nc(CNC2CC(Cl)C2(C)C)c2ccccc21. The molecule has 3 rings (SSSR count). The lowest BCUT2D eigenvalue weighted by Gasteiger charge is -2.49. The number of para-hydroxylation sites is 1. The zero-order chi connectivity index (χ0) is 13.6. The van der Waals surface area contributed by atoms with Gasteiger partial charge in [0, 0.05) is 30.4 Å². The summed E-state index contributed by atoms with van der Waals surface area (Å²) in [4.78, 5) is 0. The summed E-state index contributed by atoms with van der Waals surface area (Å²) in [5.41, 5.74) is 2.47. The maximum atomic E-state index is 6.26. The van der Waals surface area contributed by atoms with Gasteiger partial charge in [0.25, 0.3) is 0 Å². The Hall–Kier alpha value is -1.06. The number of alkyl halides is 1. The Morgan fingerprint density at radius 3 is 2.84 bits per heavy atom. The second kappa shape index (κ2) is 4.50. The number of nitrogens with one attached hydrogen (secondary N) is 1. The summed E-state index contributed by atoms with van der Waals surface area (Å²) in [5, 5.41) is 9.73. The monoisotopic (exact) mass is 277 g/mol. The van der Waals surface area contributed by atoms with E-state index in [1.165, 1.54) is 10.9 Å². The van der Waals surface area contributed by atoms with Crippen LogP contribution in [0.25, 0.3) is 10.9 Å². The van der Waals surface area contributed by atoms with Gasteiger partial charge in [-0.15, -0.1) is 11.6 Å². The Labute approximate surface area is 118 Å². The second-order valence-corrected chi connectivity index (χ2v) is 6.57. The molecular weight excluding hydrogens is 258 g/mol. The molecule has 4 heteroatoms.